The van der Waals surface area contributed by atoms with Crippen molar-refractivity contribution in [1.82, 2.24) is 15.7 Å². The molecule has 11 heteroatoms. The van der Waals surface area contributed by atoms with E-state index in [0.29, 0.717) is 5.92 Å². The fourth-order valence-corrected chi connectivity index (χ4v) is 3.55. The van der Waals surface area contributed by atoms with Gasteiger partial charge >= 0.3 is 6.18 Å². The topological polar surface area (TPSA) is 89.3 Å². The predicted molar refractivity (Wildman–Crippen MR) is 129 cm³/mol. The first-order valence-corrected chi connectivity index (χ1v) is 11.9. The van der Waals surface area contributed by atoms with E-state index in [-0.39, 0.29) is 38.8 Å². The molecule has 0 radical (unpaired) electrons. The van der Waals surface area contributed by atoms with Gasteiger partial charge in [0.05, 0.1) is 24.1 Å². The van der Waals surface area contributed by atoms with Crippen molar-refractivity contribution in [2.45, 2.75) is 38.2 Å². The number of nitrogens with two attached hydrogens (primary N) is 1. The number of rotatable bonds is 7. The van der Waals surface area contributed by atoms with Crippen LogP contribution >= 0.6 is 23.4 Å². The van der Waals surface area contributed by atoms with Gasteiger partial charge in [-0.2, -0.15) is 13.2 Å². The first-order valence-electron chi connectivity index (χ1n) is 10.5. The van der Waals surface area contributed by atoms with E-state index >= 15 is 0 Å². The van der Waals surface area contributed by atoms with Crippen molar-refractivity contribution >= 4 is 29.3 Å². The van der Waals surface area contributed by atoms with E-state index in [0.717, 1.165) is 25.0 Å². The number of hydrogen-bond donors (Lipinski definition) is 3. The predicted octanol–water partition coefficient (Wildman–Crippen LogP) is 5.08. The number of hydrazine groups is 1. The van der Waals surface area contributed by atoms with Gasteiger partial charge in [0.25, 0.3) is 5.91 Å². The van der Waals surface area contributed by atoms with E-state index < -0.39 is 17.6 Å². The second-order valence-corrected chi connectivity index (χ2v) is 8.37. The van der Waals surface area contributed by atoms with Crippen LogP contribution in [0.15, 0.2) is 30.5 Å². The number of nitrogens with one attached hydrogen (secondary N) is 2. The van der Waals surface area contributed by atoms with E-state index in [1.807, 2.05) is 13.8 Å². The van der Waals surface area contributed by atoms with Gasteiger partial charge in [0.1, 0.15) is 16.3 Å². The molecule has 34 heavy (non-hydrogen) atoms. The highest BCUT2D eigenvalue weighted by Crippen LogP contribution is 2.39. The van der Waals surface area contributed by atoms with Gasteiger partial charge in [0.15, 0.2) is 0 Å². The van der Waals surface area contributed by atoms with Crippen molar-refractivity contribution < 1.29 is 22.7 Å². The maximum atomic E-state index is 13.3. The van der Waals surface area contributed by atoms with Crippen molar-refractivity contribution in [3.8, 4) is 28.7 Å². The van der Waals surface area contributed by atoms with Gasteiger partial charge in [0, 0.05) is 23.2 Å². The lowest BCUT2D eigenvalue weighted by Gasteiger charge is -2.16. The highest BCUT2D eigenvalue weighted by Gasteiger charge is 2.32. The van der Waals surface area contributed by atoms with E-state index in [1.165, 1.54) is 37.2 Å². The normalized spacial score (nSPS) is 13.6. The Morgan fingerprint density at radius 3 is 2.62 bits per heavy atom. The number of amides is 1. The van der Waals surface area contributed by atoms with Crippen LogP contribution in [0.25, 0.3) is 11.1 Å². The zero-order chi connectivity index (χ0) is 25.3. The quantitative estimate of drug-likeness (QED) is 0.157. The highest BCUT2D eigenvalue weighted by molar-refractivity contribution is 8.00. The Balaban J connectivity index is 0.00000199. The van der Waals surface area contributed by atoms with Gasteiger partial charge in [-0.05, 0) is 37.1 Å². The lowest BCUT2D eigenvalue weighted by molar-refractivity contribution is -0.137. The molecular formula is C23H26ClF3N4O2S. The fraction of sp³-hybridized carbons (Fsp3) is 0.391. The molecule has 2 aromatic rings. The number of hydrogen-bond acceptors (Lipinski definition) is 6. The van der Waals surface area contributed by atoms with Crippen LogP contribution in [0.4, 0.5) is 13.2 Å². The number of benzene rings is 1. The third kappa shape index (κ3) is 7.81. The van der Waals surface area contributed by atoms with Gasteiger partial charge in [-0.3, -0.25) is 10.6 Å². The minimum Gasteiger partial charge on any atom is -0.496 e. The standard InChI is InChI=1S/C21H20ClF3N4O2S.C2H6/c1-31-17-6-5-13(21(23,24)25)8-15(17)14-9-18(22)27-10-16(14)20(30)28-11-32-19(29-26)7-4-12-2-3-12;1-2/h5-6,8-10,12,19,29H,2-3,11,26H2,1H3,(H,28,30);1-2H3. The second kappa shape index (κ2) is 12.9. The van der Waals surface area contributed by atoms with Crippen LogP contribution in [-0.2, 0) is 6.18 Å². The summed E-state index contributed by atoms with van der Waals surface area (Å²) in [5.41, 5.74) is 1.97. The van der Waals surface area contributed by atoms with E-state index in [9.17, 15) is 18.0 Å². The van der Waals surface area contributed by atoms with Crippen molar-refractivity contribution in [3.05, 3.63) is 46.7 Å². The van der Waals surface area contributed by atoms with Gasteiger partial charge in [-0.15, -0.1) is 11.8 Å². The number of alkyl halides is 3. The summed E-state index contributed by atoms with van der Waals surface area (Å²) in [6.45, 7) is 4.00. The van der Waals surface area contributed by atoms with Crippen LogP contribution in [0.1, 0.15) is 42.6 Å². The SMILES string of the molecule is CC.COc1ccc(C(F)(F)F)cc1-c1cc(Cl)ncc1C(=O)NCSC(C#CC1CC1)NN. The summed E-state index contributed by atoms with van der Waals surface area (Å²) in [6, 6.07) is 4.34. The number of thioether (sulfide) groups is 1. The minimum atomic E-state index is -4.57. The number of carbonyl (C=O) groups excluding carboxylic acids is 1. The summed E-state index contributed by atoms with van der Waals surface area (Å²) >= 11 is 7.25. The maximum Gasteiger partial charge on any atom is 0.416 e. The number of nitrogens with zero attached hydrogens (tertiary/aromatic N) is 1. The Labute approximate surface area is 206 Å². The maximum absolute atomic E-state index is 13.3. The fourth-order valence-electron chi connectivity index (χ4n) is 2.77. The summed E-state index contributed by atoms with van der Waals surface area (Å²) in [4.78, 5) is 16.7. The first-order chi connectivity index (χ1) is 16.2. The summed E-state index contributed by atoms with van der Waals surface area (Å²) in [7, 11) is 1.33. The monoisotopic (exact) mass is 514 g/mol. The smallest absolute Gasteiger partial charge is 0.416 e. The third-order valence-electron chi connectivity index (χ3n) is 4.56. The Morgan fingerprint density at radius 1 is 1.32 bits per heavy atom. The number of halogens is 4. The Morgan fingerprint density at radius 2 is 2.03 bits per heavy atom. The molecule has 1 heterocycles. The molecule has 3 rings (SSSR count). The Hall–Kier alpha value is -2.45. The molecule has 1 fully saturated rings. The Kier molecular flexibility index (Phi) is 10.5. The number of aromatic nitrogens is 1. The van der Waals surface area contributed by atoms with Crippen molar-refractivity contribution in [1.29, 1.82) is 0 Å². The van der Waals surface area contributed by atoms with E-state index in [4.69, 9.17) is 22.2 Å². The molecule has 1 saturated carbocycles. The zero-order valence-corrected chi connectivity index (χ0v) is 20.5. The number of ether oxygens (including phenoxy) is 1. The number of carbonyl (C=O) groups is 1. The molecule has 0 aliphatic heterocycles. The average Bonchev–Trinajstić information content (AvgIpc) is 3.66. The molecule has 6 nitrogen and oxygen atoms in total. The molecule has 1 aromatic heterocycles. The summed E-state index contributed by atoms with van der Waals surface area (Å²) in [5, 5.41) is 2.34. The largest absolute Gasteiger partial charge is 0.496 e. The van der Waals surface area contributed by atoms with Crippen LogP contribution in [0.2, 0.25) is 5.15 Å². The summed E-state index contributed by atoms with van der Waals surface area (Å²) in [6.07, 6.45) is -1.19. The third-order valence-corrected chi connectivity index (χ3v) is 5.67. The highest BCUT2D eigenvalue weighted by atomic mass is 35.5. The summed E-state index contributed by atoms with van der Waals surface area (Å²) in [5.74, 6) is 11.8. The molecule has 184 valence electrons. The van der Waals surface area contributed by atoms with Crippen LogP contribution < -0.4 is 21.3 Å². The molecular weight excluding hydrogens is 489 g/mol. The van der Waals surface area contributed by atoms with Crippen LogP contribution in [0, 0.1) is 17.8 Å². The van der Waals surface area contributed by atoms with Crippen LogP contribution in [0.5, 0.6) is 5.75 Å². The average molecular weight is 515 g/mol. The molecule has 1 aromatic carbocycles. The van der Waals surface area contributed by atoms with Gasteiger partial charge in [0.2, 0.25) is 0 Å². The van der Waals surface area contributed by atoms with Crippen LogP contribution in [0.3, 0.4) is 0 Å². The first kappa shape index (κ1) is 27.8. The molecule has 1 atom stereocenters. The van der Waals surface area contributed by atoms with Crippen molar-refractivity contribution in [3.63, 3.8) is 0 Å². The van der Waals surface area contributed by atoms with Crippen LogP contribution in [-0.4, -0.2) is 29.3 Å². The van der Waals surface area contributed by atoms with E-state index in [1.54, 1.807) is 0 Å². The number of pyridine rings is 1. The molecule has 4 N–H and O–H groups in total. The molecule has 1 unspecified atom stereocenters. The lowest BCUT2D eigenvalue weighted by atomic mass is 9.98. The second-order valence-electron chi connectivity index (χ2n) is 6.89. The zero-order valence-electron chi connectivity index (χ0n) is 18.9. The summed E-state index contributed by atoms with van der Waals surface area (Å²) < 4.78 is 45.0. The molecule has 1 amide bonds. The minimum absolute atomic E-state index is 0.0214. The molecule has 0 spiro atoms. The van der Waals surface area contributed by atoms with E-state index in [2.05, 4.69) is 27.6 Å². The Bertz CT molecular complexity index is 1050. The van der Waals surface area contributed by atoms with Gasteiger partial charge in [-0.25, -0.2) is 10.4 Å². The van der Waals surface area contributed by atoms with Crippen molar-refractivity contribution in [2.75, 3.05) is 13.0 Å². The van der Waals surface area contributed by atoms with Gasteiger partial charge in [-0.1, -0.05) is 37.3 Å². The molecule has 0 saturated heterocycles. The molecule has 1 aliphatic carbocycles. The molecule has 0 bridgehead atoms. The number of methoxy groups -OCH3 is 1. The lowest BCUT2D eigenvalue weighted by Crippen LogP contribution is -2.34. The molecule has 1 aliphatic rings. The van der Waals surface area contributed by atoms with Crippen molar-refractivity contribution in [2.24, 2.45) is 11.8 Å². The van der Waals surface area contributed by atoms with Gasteiger partial charge < -0.3 is 10.1 Å².